The third-order valence-corrected chi connectivity index (χ3v) is 4.34. The van der Waals surface area contributed by atoms with E-state index in [1.807, 2.05) is 6.07 Å². The summed E-state index contributed by atoms with van der Waals surface area (Å²) in [5.41, 5.74) is 0.557. The van der Waals surface area contributed by atoms with Crippen LogP contribution >= 0.6 is 0 Å². The van der Waals surface area contributed by atoms with Crippen molar-refractivity contribution in [1.82, 2.24) is 14.7 Å². The Kier molecular flexibility index (Phi) is 7.84. The van der Waals surface area contributed by atoms with Crippen molar-refractivity contribution in [2.24, 2.45) is 14.1 Å². The van der Waals surface area contributed by atoms with Crippen LogP contribution in [0.1, 0.15) is 5.56 Å². The number of esters is 1. The van der Waals surface area contributed by atoms with Crippen LogP contribution in [0.15, 0.2) is 35.1 Å². The number of aromatic nitrogens is 2. The number of anilines is 1. The average molecular weight is 406 g/mol. The lowest BCUT2D eigenvalue weighted by molar-refractivity contribution is -0.168. The molecule has 1 aromatic carbocycles. The molecule has 1 aromatic heterocycles. The van der Waals surface area contributed by atoms with E-state index in [1.165, 1.54) is 4.68 Å². The number of carbonyl (C=O) groups is 2. The first-order valence-corrected chi connectivity index (χ1v) is 9.10. The van der Waals surface area contributed by atoms with E-state index in [0.717, 1.165) is 5.82 Å². The van der Waals surface area contributed by atoms with Crippen LogP contribution in [-0.2, 0) is 28.4 Å². The van der Waals surface area contributed by atoms with Gasteiger partial charge < -0.3 is 25.2 Å². The van der Waals surface area contributed by atoms with Crippen LogP contribution in [0.3, 0.4) is 0 Å². The second kappa shape index (κ2) is 10.3. The zero-order valence-corrected chi connectivity index (χ0v) is 16.7. The van der Waals surface area contributed by atoms with Crippen molar-refractivity contribution in [3.63, 3.8) is 0 Å². The molecule has 29 heavy (non-hydrogen) atoms. The first kappa shape index (κ1) is 22.0. The number of carboxylic acids is 1. The average Bonchev–Trinajstić information content (AvgIpc) is 2.89. The number of carboxylic acid groups (broad SMARTS) is 1. The molecule has 0 bridgehead atoms. The maximum Gasteiger partial charge on any atom is 0.417 e. The Bertz CT molecular complexity index is 890. The number of hydrogen-bond acceptors (Lipinski definition) is 7. The Balaban J connectivity index is 1.83. The molecule has 1 unspecified atom stereocenters. The molecule has 0 radical (unpaired) electrons. The van der Waals surface area contributed by atoms with Gasteiger partial charge in [0, 0.05) is 33.7 Å². The van der Waals surface area contributed by atoms with E-state index in [2.05, 4.69) is 10.6 Å². The summed E-state index contributed by atoms with van der Waals surface area (Å²) < 4.78 is 13.7. The van der Waals surface area contributed by atoms with E-state index in [0.29, 0.717) is 24.4 Å². The third kappa shape index (κ3) is 6.11. The van der Waals surface area contributed by atoms with Crippen molar-refractivity contribution in [2.75, 3.05) is 31.6 Å². The number of carbonyl (C=O) groups excluding carboxylic acids is 1. The number of aliphatic carboxylic acids is 1. The Morgan fingerprint density at radius 2 is 1.83 bits per heavy atom. The predicted octanol–water partition coefficient (Wildman–Crippen LogP) is 0.109. The Labute approximate surface area is 168 Å². The molecular formula is C19H26N4O6. The van der Waals surface area contributed by atoms with Crippen molar-refractivity contribution < 1.29 is 24.2 Å². The fourth-order valence-electron chi connectivity index (χ4n) is 2.69. The summed E-state index contributed by atoms with van der Waals surface area (Å²) in [7, 11) is 3.47. The largest absolute Gasteiger partial charge is 0.490 e. The van der Waals surface area contributed by atoms with Gasteiger partial charge >= 0.3 is 11.9 Å². The SMILES string of the molecule is Cc1c(NCCNCC(COc2ccccc2)OC(=O)C(=O)O)n(C)n(C)c1=O. The zero-order valence-electron chi connectivity index (χ0n) is 16.7. The molecule has 2 aromatic rings. The third-order valence-electron chi connectivity index (χ3n) is 4.34. The van der Waals surface area contributed by atoms with E-state index in [4.69, 9.17) is 14.6 Å². The van der Waals surface area contributed by atoms with Gasteiger partial charge in [0.1, 0.15) is 24.3 Å². The molecule has 10 nitrogen and oxygen atoms in total. The fraction of sp³-hybridized carbons (Fsp3) is 0.421. The topological polar surface area (TPSA) is 124 Å². The zero-order chi connectivity index (χ0) is 21.4. The summed E-state index contributed by atoms with van der Waals surface area (Å²) in [6, 6.07) is 8.94. The van der Waals surface area contributed by atoms with Crippen LogP contribution < -0.4 is 20.9 Å². The molecule has 0 aliphatic carbocycles. The lowest BCUT2D eigenvalue weighted by Gasteiger charge is -2.18. The van der Waals surface area contributed by atoms with Gasteiger partial charge in [-0.3, -0.25) is 14.2 Å². The van der Waals surface area contributed by atoms with Gasteiger partial charge in [-0.2, -0.15) is 0 Å². The molecule has 0 aliphatic rings. The van der Waals surface area contributed by atoms with E-state index in [1.54, 1.807) is 50.0 Å². The summed E-state index contributed by atoms with van der Waals surface area (Å²) in [4.78, 5) is 34.1. The van der Waals surface area contributed by atoms with Gasteiger partial charge in [0.05, 0.1) is 5.56 Å². The van der Waals surface area contributed by atoms with Crippen LogP contribution in [-0.4, -0.2) is 58.8 Å². The highest BCUT2D eigenvalue weighted by Crippen LogP contribution is 2.10. The van der Waals surface area contributed by atoms with E-state index in [9.17, 15) is 14.4 Å². The van der Waals surface area contributed by atoms with E-state index < -0.39 is 18.0 Å². The van der Waals surface area contributed by atoms with Gasteiger partial charge in [0.25, 0.3) is 5.56 Å². The Morgan fingerprint density at radius 3 is 2.41 bits per heavy atom. The normalized spacial score (nSPS) is 11.7. The highest BCUT2D eigenvalue weighted by molar-refractivity contribution is 6.28. The molecule has 0 amide bonds. The standard InChI is InChI=1S/C19H26N4O6/c1-13-16(22(2)23(3)17(13)24)21-10-9-20-11-15(29-19(27)18(25)26)12-28-14-7-5-4-6-8-14/h4-8,15,20-21H,9-12H2,1-3H3,(H,25,26). The molecule has 0 aliphatic heterocycles. The lowest BCUT2D eigenvalue weighted by atomic mass is 10.3. The van der Waals surface area contributed by atoms with Crippen LogP contribution in [0.2, 0.25) is 0 Å². The van der Waals surface area contributed by atoms with Gasteiger partial charge in [-0.05, 0) is 19.1 Å². The van der Waals surface area contributed by atoms with Gasteiger partial charge in [-0.15, -0.1) is 0 Å². The Morgan fingerprint density at radius 1 is 1.14 bits per heavy atom. The molecule has 0 fully saturated rings. The van der Waals surface area contributed by atoms with Crippen molar-refractivity contribution in [3.8, 4) is 5.75 Å². The van der Waals surface area contributed by atoms with Crippen LogP contribution in [0.25, 0.3) is 0 Å². The number of nitrogens with one attached hydrogen (secondary N) is 2. The Hall–Kier alpha value is -3.27. The van der Waals surface area contributed by atoms with Gasteiger partial charge in [0.2, 0.25) is 0 Å². The second-order valence-electron chi connectivity index (χ2n) is 6.41. The summed E-state index contributed by atoms with van der Waals surface area (Å²) in [5.74, 6) is -1.68. The maximum absolute atomic E-state index is 11.9. The monoisotopic (exact) mass is 406 g/mol. The molecule has 10 heteroatoms. The molecular weight excluding hydrogens is 380 g/mol. The summed E-state index contributed by atoms with van der Waals surface area (Å²) in [6.07, 6.45) is -0.776. The van der Waals surface area contributed by atoms with Crippen molar-refractivity contribution in [2.45, 2.75) is 13.0 Å². The lowest BCUT2D eigenvalue weighted by Crippen LogP contribution is -2.38. The van der Waals surface area contributed by atoms with E-state index >= 15 is 0 Å². The summed E-state index contributed by atoms with van der Waals surface area (Å²) in [6.45, 7) is 2.97. The first-order valence-electron chi connectivity index (χ1n) is 9.10. The quantitative estimate of drug-likeness (QED) is 0.289. The molecule has 0 saturated carbocycles. The predicted molar refractivity (Wildman–Crippen MR) is 106 cm³/mol. The smallest absolute Gasteiger partial charge is 0.417 e. The minimum Gasteiger partial charge on any atom is -0.490 e. The fourth-order valence-corrected chi connectivity index (χ4v) is 2.69. The number of hydrogen-bond donors (Lipinski definition) is 3. The molecule has 0 spiro atoms. The summed E-state index contributed by atoms with van der Waals surface area (Å²) >= 11 is 0. The number of ether oxygens (including phenoxy) is 2. The minimum absolute atomic E-state index is 0.00968. The first-order chi connectivity index (χ1) is 13.8. The maximum atomic E-state index is 11.9. The number of para-hydroxylation sites is 1. The van der Waals surface area contributed by atoms with E-state index in [-0.39, 0.29) is 18.7 Å². The van der Waals surface area contributed by atoms with Crippen LogP contribution in [0.4, 0.5) is 5.82 Å². The van der Waals surface area contributed by atoms with Crippen LogP contribution in [0, 0.1) is 6.92 Å². The summed E-state index contributed by atoms with van der Waals surface area (Å²) in [5, 5.41) is 15.0. The highest BCUT2D eigenvalue weighted by Gasteiger charge is 2.20. The van der Waals surface area contributed by atoms with Gasteiger partial charge in [-0.25, -0.2) is 9.59 Å². The molecule has 0 saturated heterocycles. The molecule has 3 N–H and O–H groups in total. The second-order valence-corrected chi connectivity index (χ2v) is 6.41. The van der Waals surface area contributed by atoms with Crippen LogP contribution in [0.5, 0.6) is 5.75 Å². The molecule has 1 heterocycles. The highest BCUT2D eigenvalue weighted by atomic mass is 16.6. The van der Waals surface area contributed by atoms with Crippen molar-refractivity contribution >= 4 is 17.8 Å². The van der Waals surface area contributed by atoms with Crippen molar-refractivity contribution in [3.05, 3.63) is 46.2 Å². The van der Waals surface area contributed by atoms with Crippen molar-refractivity contribution in [1.29, 1.82) is 0 Å². The minimum atomic E-state index is -1.66. The molecule has 158 valence electrons. The number of nitrogens with zero attached hydrogens (tertiary/aromatic N) is 2. The van der Waals surface area contributed by atoms with Gasteiger partial charge in [0.15, 0.2) is 0 Å². The number of rotatable bonds is 10. The number of benzene rings is 1. The van der Waals surface area contributed by atoms with Gasteiger partial charge in [-0.1, -0.05) is 18.2 Å². The molecule has 2 rings (SSSR count). The molecule has 1 atom stereocenters.